The molecule has 0 saturated carbocycles. The van der Waals surface area contributed by atoms with E-state index < -0.39 is 6.09 Å². The predicted octanol–water partition coefficient (Wildman–Crippen LogP) is 0.686. The lowest BCUT2D eigenvalue weighted by atomic mass is 10.3. The summed E-state index contributed by atoms with van der Waals surface area (Å²) in [6.45, 7) is 0.742. The third-order valence-electron chi connectivity index (χ3n) is 2.47. The molecule has 0 radical (unpaired) electrons. The van der Waals surface area contributed by atoms with Gasteiger partial charge in [-0.25, -0.2) is 9.59 Å². The minimum atomic E-state index is -0.502. The summed E-state index contributed by atoms with van der Waals surface area (Å²) in [6, 6.07) is 7.40. The number of alkyl carbamates (subject to hydrolysis) is 1. The Balaban J connectivity index is 2.15. The third kappa shape index (κ3) is 2.30. The Morgan fingerprint density at radius 2 is 2.24 bits per heavy atom. The van der Waals surface area contributed by atoms with Crippen molar-refractivity contribution in [1.82, 2.24) is 14.9 Å². The second-order valence-corrected chi connectivity index (χ2v) is 3.52. The zero-order chi connectivity index (χ0) is 12.3. The van der Waals surface area contributed by atoms with Gasteiger partial charge >= 0.3 is 11.8 Å². The number of nitrogens with zero attached hydrogens (tertiary/aromatic N) is 1. The molecule has 6 nitrogen and oxygen atoms in total. The van der Waals surface area contributed by atoms with Gasteiger partial charge in [0, 0.05) is 13.1 Å². The fraction of sp³-hybridized carbons (Fsp3) is 0.273. The lowest BCUT2D eigenvalue weighted by Crippen LogP contribution is -2.29. The van der Waals surface area contributed by atoms with E-state index in [9.17, 15) is 9.59 Å². The summed E-state index contributed by atoms with van der Waals surface area (Å²) in [4.78, 5) is 25.3. The Morgan fingerprint density at radius 1 is 1.47 bits per heavy atom. The van der Waals surface area contributed by atoms with Gasteiger partial charge in [0.1, 0.15) is 0 Å². The number of aromatic nitrogens is 2. The number of benzene rings is 1. The number of rotatable bonds is 3. The molecule has 0 fully saturated rings. The van der Waals surface area contributed by atoms with Crippen LogP contribution in [0.1, 0.15) is 0 Å². The minimum absolute atomic E-state index is 0.183. The first-order chi connectivity index (χ1) is 8.22. The summed E-state index contributed by atoms with van der Waals surface area (Å²) in [6.07, 6.45) is -0.502. The van der Waals surface area contributed by atoms with Gasteiger partial charge in [-0.15, -0.1) is 0 Å². The summed E-state index contributed by atoms with van der Waals surface area (Å²) in [5, 5.41) is 2.53. The number of carbonyl (C=O) groups excluding carboxylic acids is 1. The molecule has 6 heteroatoms. The zero-order valence-corrected chi connectivity index (χ0v) is 9.40. The van der Waals surface area contributed by atoms with Crippen LogP contribution in [0.15, 0.2) is 29.1 Å². The van der Waals surface area contributed by atoms with Crippen molar-refractivity contribution in [2.75, 3.05) is 13.7 Å². The number of hydrogen-bond donors (Lipinski definition) is 2. The van der Waals surface area contributed by atoms with Crippen molar-refractivity contribution in [2.24, 2.45) is 0 Å². The molecule has 2 N–H and O–H groups in total. The number of carbonyl (C=O) groups is 1. The monoisotopic (exact) mass is 235 g/mol. The number of H-pyrrole nitrogens is 1. The predicted molar refractivity (Wildman–Crippen MR) is 63.0 cm³/mol. The van der Waals surface area contributed by atoms with Crippen molar-refractivity contribution in [3.63, 3.8) is 0 Å². The van der Waals surface area contributed by atoms with E-state index in [-0.39, 0.29) is 5.69 Å². The average molecular weight is 235 g/mol. The van der Waals surface area contributed by atoms with Crippen LogP contribution in [-0.2, 0) is 11.3 Å². The standard InChI is InChI=1S/C11H13N3O3/c1-17-11(16)12-6-7-14-9-5-3-2-4-8(9)13-10(14)15/h2-5H,6-7H2,1H3,(H,12,16)(H,13,15). The summed E-state index contributed by atoms with van der Waals surface area (Å²) in [5.41, 5.74) is 1.43. The van der Waals surface area contributed by atoms with Gasteiger partial charge in [-0.3, -0.25) is 4.57 Å². The first-order valence-corrected chi connectivity index (χ1v) is 5.21. The zero-order valence-electron chi connectivity index (χ0n) is 9.40. The SMILES string of the molecule is COC(=O)NCCn1c(=O)[nH]c2ccccc21. The van der Waals surface area contributed by atoms with Crippen molar-refractivity contribution >= 4 is 17.1 Å². The van der Waals surface area contributed by atoms with Crippen LogP contribution in [-0.4, -0.2) is 29.3 Å². The number of aromatic amines is 1. The van der Waals surface area contributed by atoms with Crippen LogP contribution in [0, 0.1) is 0 Å². The molecular weight excluding hydrogens is 222 g/mol. The molecule has 2 aromatic rings. The van der Waals surface area contributed by atoms with Gasteiger partial charge in [-0.1, -0.05) is 12.1 Å². The number of amides is 1. The van der Waals surface area contributed by atoms with Crippen LogP contribution < -0.4 is 11.0 Å². The van der Waals surface area contributed by atoms with Gasteiger partial charge in [0.25, 0.3) is 0 Å². The smallest absolute Gasteiger partial charge is 0.406 e. The maximum absolute atomic E-state index is 11.6. The van der Waals surface area contributed by atoms with E-state index in [4.69, 9.17) is 0 Å². The quantitative estimate of drug-likeness (QED) is 0.821. The van der Waals surface area contributed by atoms with Crippen molar-refractivity contribution in [1.29, 1.82) is 0 Å². The first-order valence-electron chi connectivity index (χ1n) is 5.21. The van der Waals surface area contributed by atoms with E-state index in [1.807, 2.05) is 24.3 Å². The van der Waals surface area contributed by atoms with Crippen molar-refractivity contribution in [2.45, 2.75) is 6.54 Å². The first kappa shape index (κ1) is 11.3. The van der Waals surface area contributed by atoms with E-state index in [2.05, 4.69) is 15.0 Å². The second-order valence-electron chi connectivity index (χ2n) is 3.52. The van der Waals surface area contributed by atoms with Crippen LogP contribution in [0.5, 0.6) is 0 Å². The Bertz CT molecular complexity index is 585. The van der Waals surface area contributed by atoms with E-state index >= 15 is 0 Å². The highest BCUT2D eigenvalue weighted by atomic mass is 16.5. The number of para-hydroxylation sites is 2. The lowest BCUT2D eigenvalue weighted by molar-refractivity contribution is 0.170. The Hall–Kier alpha value is -2.24. The van der Waals surface area contributed by atoms with Gasteiger partial charge in [0.05, 0.1) is 18.1 Å². The van der Waals surface area contributed by atoms with Crippen LogP contribution in [0.3, 0.4) is 0 Å². The number of ether oxygens (including phenoxy) is 1. The summed E-state index contributed by atoms with van der Waals surface area (Å²) in [5.74, 6) is 0. The highest BCUT2D eigenvalue weighted by Crippen LogP contribution is 2.08. The van der Waals surface area contributed by atoms with Crippen LogP contribution in [0.25, 0.3) is 11.0 Å². The minimum Gasteiger partial charge on any atom is -0.453 e. The number of fused-ring (bicyclic) bond motifs is 1. The van der Waals surface area contributed by atoms with Gasteiger partial charge < -0.3 is 15.0 Å². The normalized spacial score (nSPS) is 10.4. The van der Waals surface area contributed by atoms with E-state index in [0.29, 0.717) is 13.1 Å². The Morgan fingerprint density at radius 3 is 3.00 bits per heavy atom. The molecule has 0 aliphatic rings. The Kier molecular flexibility index (Phi) is 3.13. The number of imidazole rings is 1. The number of nitrogens with one attached hydrogen (secondary N) is 2. The van der Waals surface area contributed by atoms with E-state index in [0.717, 1.165) is 11.0 Å². The molecule has 1 aromatic carbocycles. The largest absolute Gasteiger partial charge is 0.453 e. The molecule has 2 rings (SSSR count). The fourth-order valence-electron chi connectivity index (χ4n) is 1.67. The van der Waals surface area contributed by atoms with E-state index in [1.54, 1.807) is 4.57 Å². The molecule has 1 amide bonds. The van der Waals surface area contributed by atoms with Gasteiger partial charge in [0.2, 0.25) is 0 Å². The topological polar surface area (TPSA) is 76.1 Å². The molecule has 0 unspecified atom stereocenters. The molecule has 0 spiro atoms. The van der Waals surface area contributed by atoms with Gasteiger partial charge in [0.15, 0.2) is 0 Å². The maximum atomic E-state index is 11.6. The molecule has 1 heterocycles. The second kappa shape index (κ2) is 4.73. The van der Waals surface area contributed by atoms with Crippen LogP contribution in [0.4, 0.5) is 4.79 Å². The summed E-state index contributed by atoms with van der Waals surface area (Å²) < 4.78 is 6.02. The molecule has 0 bridgehead atoms. The molecule has 17 heavy (non-hydrogen) atoms. The average Bonchev–Trinajstić information content (AvgIpc) is 2.66. The molecule has 0 aliphatic heterocycles. The number of hydrogen-bond acceptors (Lipinski definition) is 3. The number of methoxy groups -OCH3 is 1. The van der Waals surface area contributed by atoms with Crippen LogP contribution in [0.2, 0.25) is 0 Å². The maximum Gasteiger partial charge on any atom is 0.406 e. The van der Waals surface area contributed by atoms with Gasteiger partial charge in [-0.2, -0.15) is 0 Å². The molecular formula is C11H13N3O3. The molecule has 0 atom stereocenters. The third-order valence-corrected chi connectivity index (χ3v) is 2.47. The summed E-state index contributed by atoms with van der Waals surface area (Å²) >= 11 is 0. The fourth-order valence-corrected chi connectivity index (χ4v) is 1.67. The highest BCUT2D eigenvalue weighted by Gasteiger charge is 2.05. The van der Waals surface area contributed by atoms with Gasteiger partial charge in [-0.05, 0) is 12.1 Å². The Labute approximate surface area is 97.2 Å². The highest BCUT2D eigenvalue weighted by molar-refractivity contribution is 5.74. The molecule has 90 valence electrons. The molecule has 0 saturated heterocycles. The van der Waals surface area contributed by atoms with Crippen molar-refractivity contribution in [3.05, 3.63) is 34.7 Å². The summed E-state index contributed by atoms with van der Waals surface area (Å²) in [7, 11) is 1.30. The van der Waals surface area contributed by atoms with Crippen molar-refractivity contribution < 1.29 is 9.53 Å². The molecule has 0 aliphatic carbocycles. The molecule has 1 aromatic heterocycles. The lowest BCUT2D eigenvalue weighted by Gasteiger charge is -2.04. The van der Waals surface area contributed by atoms with Crippen LogP contribution >= 0.6 is 0 Å². The van der Waals surface area contributed by atoms with E-state index in [1.165, 1.54) is 7.11 Å². The van der Waals surface area contributed by atoms with Crippen molar-refractivity contribution in [3.8, 4) is 0 Å².